The lowest BCUT2D eigenvalue weighted by atomic mass is 9.98. The number of hydrogen-bond donors (Lipinski definition) is 1. The molecule has 0 radical (unpaired) electrons. The minimum Gasteiger partial charge on any atom is -0.431 e. The summed E-state index contributed by atoms with van der Waals surface area (Å²) in [4.78, 5) is 48.3. The van der Waals surface area contributed by atoms with E-state index in [1.807, 2.05) is 12.1 Å². The number of aryl methyl sites for hydroxylation is 1. The maximum Gasteiger partial charge on any atom is 0.511 e. The van der Waals surface area contributed by atoms with Crippen molar-refractivity contribution in [2.45, 2.75) is 64.9 Å². The van der Waals surface area contributed by atoms with Crippen LogP contribution in [0.4, 0.5) is 16.2 Å². The van der Waals surface area contributed by atoms with Gasteiger partial charge in [-0.2, -0.15) is 5.10 Å². The molecular weight excluding hydrogens is 526 g/mol. The predicted octanol–water partition coefficient (Wildman–Crippen LogP) is 5.61. The van der Waals surface area contributed by atoms with Gasteiger partial charge in [0, 0.05) is 30.6 Å². The van der Waals surface area contributed by atoms with Gasteiger partial charge in [0.05, 0.1) is 23.6 Å². The van der Waals surface area contributed by atoms with Gasteiger partial charge in [-0.25, -0.2) is 14.3 Å². The Kier molecular flexibility index (Phi) is 8.52. The normalized spacial score (nSPS) is 14.3. The highest BCUT2D eigenvalue weighted by molar-refractivity contribution is 6.03. The lowest BCUT2D eigenvalue weighted by Crippen LogP contribution is -2.31. The van der Waals surface area contributed by atoms with Crippen LogP contribution in [0, 0.1) is 0 Å². The van der Waals surface area contributed by atoms with E-state index >= 15 is 0 Å². The van der Waals surface area contributed by atoms with Gasteiger partial charge < -0.3 is 19.5 Å². The molecule has 1 aromatic carbocycles. The molecule has 1 saturated carbocycles. The maximum absolute atomic E-state index is 13.7. The molecule has 11 nitrogen and oxygen atoms in total. The first-order valence-electron chi connectivity index (χ1n) is 13.7. The van der Waals surface area contributed by atoms with E-state index in [1.54, 1.807) is 55.8 Å². The standard InChI is InChI=1S/C30H31N5O6/c1-3-35-28(36)27(33-24-18-31-17-23-22(24)15-10-16-32-23)25(26(34-35)20-11-6-4-7-12-20)29(37)39-19(2)40-30(38)41-21-13-8-5-9-14-21/h4,6-7,10-12,15-19,21,33H,3,5,8-9,13-14H2,1-2H3. The van der Waals surface area contributed by atoms with Crippen LogP contribution in [0.3, 0.4) is 0 Å². The van der Waals surface area contributed by atoms with Crippen LogP contribution in [0.15, 0.2) is 65.8 Å². The minimum absolute atomic E-state index is 0.0548. The Bertz CT molecular complexity index is 1600. The molecule has 41 heavy (non-hydrogen) atoms. The fraction of sp³-hybridized carbons (Fsp3) is 0.333. The van der Waals surface area contributed by atoms with E-state index in [1.165, 1.54) is 11.6 Å². The quantitative estimate of drug-likeness (QED) is 0.215. The lowest BCUT2D eigenvalue weighted by molar-refractivity contribution is -0.0914. The zero-order valence-corrected chi connectivity index (χ0v) is 22.9. The number of rotatable bonds is 8. The number of anilines is 2. The average molecular weight is 558 g/mol. The van der Waals surface area contributed by atoms with Gasteiger partial charge in [-0.05, 0) is 44.7 Å². The van der Waals surface area contributed by atoms with Crippen LogP contribution in [0.5, 0.6) is 0 Å². The third kappa shape index (κ3) is 6.34. The third-order valence-corrected chi connectivity index (χ3v) is 6.85. The van der Waals surface area contributed by atoms with Crippen LogP contribution < -0.4 is 10.9 Å². The molecule has 1 unspecified atom stereocenters. The van der Waals surface area contributed by atoms with Crippen molar-refractivity contribution in [1.29, 1.82) is 0 Å². The Morgan fingerprint density at radius 3 is 2.59 bits per heavy atom. The first-order chi connectivity index (χ1) is 19.9. The Labute approximate surface area is 236 Å². The van der Waals surface area contributed by atoms with E-state index in [0.717, 1.165) is 32.1 Å². The molecule has 1 aliphatic carbocycles. The number of esters is 1. The highest BCUT2D eigenvalue weighted by atomic mass is 16.8. The Hall–Kier alpha value is -4.80. The molecule has 1 fully saturated rings. The van der Waals surface area contributed by atoms with Gasteiger partial charge >= 0.3 is 12.1 Å². The number of carbonyl (C=O) groups excluding carboxylic acids is 2. The molecule has 0 saturated heterocycles. The summed E-state index contributed by atoms with van der Waals surface area (Å²) in [5, 5.41) is 8.30. The molecule has 0 aliphatic heterocycles. The molecule has 4 aromatic rings. The van der Waals surface area contributed by atoms with Gasteiger partial charge in [-0.3, -0.25) is 14.8 Å². The number of benzene rings is 1. The van der Waals surface area contributed by atoms with Crippen LogP contribution >= 0.6 is 0 Å². The molecule has 0 bridgehead atoms. The molecule has 5 rings (SSSR count). The first-order valence-corrected chi connectivity index (χ1v) is 13.7. The molecule has 11 heteroatoms. The SMILES string of the molecule is CCn1nc(-c2ccccc2)c(C(=O)OC(C)OC(=O)OC2CCCCC2)c(Nc2cncc3ncccc23)c1=O. The fourth-order valence-corrected chi connectivity index (χ4v) is 4.85. The molecule has 1 aliphatic rings. The lowest BCUT2D eigenvalue weighted by Gasteiger charge is -2.23. The number of pyridine rings is 2. The van der Waals surface area contributed by atoms with Crippen LogP contribution in [0.1, 0.15) is 56.3 Å². The van der Waals surface area contributed by atoms with Crippen molar-refractivity contribution in [2.75, 3.05) is 5.32 Å². The van der Waals surface area contributed by atoms with E-state index in [4.69, 9.17) is 14.2 Å². The van der Waals surface area contributed by atoms with Crippen molar-refractivity contribution in [3.05, 3.63) is 77.0 Å². The van der Waals surface area contributed by atoms with Gasteiger partial charge in [0.2, 0.25) is 6.29 Å². The molecule has 1 atom stereocenters. The molecular formula is C30H31N5O6. The van der Waals surface area contributed by atoms with Gasteiger partial charge in [0.15, 0.2) is 0 Å². The average Bonchev–Trinajstić information content (AvgIpc) is 2.99. The summed E-state index contributed by atoms with van der Waals surface area (Å²) in [6, 6.07) is 12.6. The minimum atomic E-state index is -1.29. The second kappa shape index (κ2) is 12.6. The smallest absolute Gasteiger partial charge is 0.431 e. The van der Waals surface area contributed by atoms with Crippen molar-refractivity contribution in [3.8, 4) is 11.3 Å². The number of fused-ring (bicyclic) bond motifs is 1. The fourth-order valence-electron chi connectivity index (χ4n) is 4.85. The van der Waals surface area contributed by atoms with Crippen LogP contribution in [-0.4, -0.2) is 44.3 Å². The summed E-state index contributed by atoms with van der Waals surface area (Å²) in [5.41, 5.74) is 1.19. The summed E-state index contributed by atoms with van der Waals surface area (Å²) in [6.07, 6.45) is 7.01. The summed E-state index contributed by atoms with van der Waals surface area (Å²) in [5.74, 6) is -0.900. The van der Waals surface area contributed by atoms with Gasteiger partial charge in [0.1, 0.15) is 23.0 Å². The van der Waals surface area contributed by atoms with Crippen LogP contribution in [0.25, 0.3) is 22.2 Å². The Morgan fingerprint density at radius 1 is 1.05 bits per heavy atom. The third-order valence-electron chi connectivity index (χ3n) is 6.85. The zero-order chi connectivity index (χ0) is 28.8. The summed E-state index contributed by atoms with van der Waals surface area (Å²) < 4.78 is 17.4. The first kappa shape index (κ1) is 27.8. The van der Waals surface area contributed by atoms with Gasteiger partial charge in [-0.15, -0.1) is 0 Å². The van der Waals surface area contributed by atoms with Crippen molar-refractivity contribution in [3.63, 3.8) is 0 Å². The predicted molar refractivity (Wildman–Crippen MR) is 152 cm³/mol. The van der Waals surface area contributed by atoms with E-state index in [9.17, 15) is 14.4 Å². The molecule has 212 valence electrons. The molecule has 0 amide bonds. The topological polar surface area (TPSA) is 135 Å². The Balaban J connectivity index is 1.51. The zero-order valence-electron chi connectivity index (χ0n) is 22.9. The molecule has 0 spiro atoms. The van der Waals surface area contributed by atoms with Crippen molar-refractivity contribution in [1.82, 2.24) is 19.7 Å². The van der Waals surface area contributed by atoms with Crippen molar-refractivity contribution in [2.24, 2.45) is 0 Å². The highest BCUT2D eigenvalue weighted by Crippen LogP contribution is 2.30. The number of nitrogens with one attached hydrogen (secondary N) is 1. The number of hydrogen-bond acceptors (Lipinski definition) is 10. The van der Waals surface area contributed by atoms with Crippen LogP contribution in [0.2, 0.25) is 0 Å². The van der Waals surface area contributed by atoms with Gasteiger partial charge in [0.25, 0.3) is 5.56 Å². The van der Waals surface area contributed by atoms with Crippen LogP contribution in [-0.2, 0) is 20.8 Å². The molecule has 3 heterocycles. The monoisotopic (exact) mass is 557 g/mol. The van der Waals surface area contributed by atoms with Crippen molar-refractivity contribution < 1.29 is 23.8 Å². The summed E-state index contributed by atoms with van der Waals surface area (Å²) >= 11 is 0. The summed E-state index contributed by atoms with van der Waals surface area (Å²) in [7, 11) is 0. The highest BCUT2D eigenvalue weighted by Gasteiger charge is 2.29. The van der Waals surface area contributed by atoms with Crippen molar-refractivity contribution >= 4 is 34.4 Å². The van der Waals surface area contributed by atoms with E-state index in [-0.39, 0.29) is 29.6 Å². The Morgan fingerprint density at radius 2 is 1.83 bits per heavy atom. The summed E-state index contributed by atoms with van der Waals surface area (Å²) in [6.45, 7) is 3.45. The van der Waals surface area contributed by atoms with Gasteiger partial charge in [-0.1, -0.05) is 36.8 Å². The number of ether oxygens (including phenoxy) is 3. The largest absolute Gasteiger partial charge is 0.511 e. The second-order valence-electron chi connectivity index (χ2n) is 9.69. The van der Waals surface area contributed by atoms with E-state index in [2.05, 4.69) is 20.4 Å². The molecule has 3 aromatic heterocycles. The maximum atomic E-state index is 13.7. The second-order valence-corrected chi connectivity index (χ2v) is 9.69. The van der Waals surface area contributed by atoms with E-state index < -0.39 is 24.0 Å². The number of aromatic nitrogens is 4. The molecule has 1 N–H and O–H groups in total. The van der Waals surface area contributed by atoms with E-state index in [0.29, 0.717) is 22.2 Å². The number of carbonyl (C=O) groups is 2. The number of nitrogens with zero attached hydrogens (tertiary/aromatic N) is 4.